The average molecular weight is 628 g/mol. The van der Waals surface area contributed by atoms with E-state index in [1.54, 1.807) is 37.5 Å². The number of nitriles is 1. The molecule has 1 aromatic heterocycles. The molecule has 2 heterocycles. The Kier molecular flexibility index (Phi) is 10.9. The second kappa shape index (κ2) is 14.1. The third-order valence-corrected chi connectivity index (χ3v) is 10.0. The van der Waals surface area contributed by atoms with E-state index in [9.17, 15) is 14.0 Å². The Bertz CT molecular complexity index is 1560. The lowest BCUT2D eigenvalue weighted by Crippen LogP contribution is -2.49. The first-order valence-electron chi connectivity index (χ1n) is 16.4. The van der Waals surface area contributed by atoms with Crippen LogP contribution in [0.25, 0.3) is 12.3 Å². The Morgan fingerprint density at radius 1 is 1.20 bits per heavy atom. The van der Waals surface area contributed by atoms with Crippen LogP contribution < -0.4 is 21.8 Å². The topological polar surface area (TPSA) is 81.8 Å². The highest BCUT2D eigenvalue weighted by Gasteiger charge is 2.46. The predicted molar refractivity (Wildman–Crippen MR) is 171 cm³/mol. The molecule has 9 heteroatoms. The summed E-state index contributed by atoms with van der Waals surface area (Å²) in [6.45, 7) is 12.9. The summed E-state index contributed by atoms with van der Waals surface area (Å²) in [4.78, 5) is 2.21. The summed E-state index contributed by atoms with van der Waals surface area (Å²) in [5.41, 5.74) is 6.63. The number of aromatic nitrogens is 1. The largest absolute Gasteiger partial charge is 0.402 e. The third-order valence-electron chi connectivity index (χ3n) is 10.0. The number of rotatable bonds is 13. The first-order valence-corrected chi connectivity index (χ1v) is 16.4. The summed E-state index contributed by atoms with van der Waals surface area (Å²) in [6.07, 6.45) is 5.28. The molecule has 2 fully saturated rings. The maximum Gasteiger partial charge on any atom is 0.278 e. The van der Waals surface area contributed by atoms with E-state index in [0.717, 1.165) is 31.4 Å². The van der Waals surface area contributed by atoms with Crippen molar-refractivity contribution in [2.24, 2.45) is 17.6 Å². The number of piperidine rings is 1. The molecular weight excluding hydrogens is 578 g/mol. The van der Waals surface area contributed by atoms with Crippen LogP contribution in [0.5, 0.6) is 0 Å². The van der Waals surface area contributed by atoms with Crippen LogP contribution in [-0.2, 0) is 11.3 Å². The fourth-order valence-electron chi connectivity index (χ4n) is 7.01. The summed E-state index contributed by atoms with van der Waals surface area (Å²) < 4.78 is 62.0. The standard InChI is InChI=1S/C36H49F4N5/c1-23(2)29-10-8-11-31(33(29)38)36(39,40)27-12-17-44(18-13-27)16-7-6-9-24(3)19-28(21-37)45-26(5)32(35(22-41)14-15-35)20-30(25(4)42)34(45)43/h8,10-11,20,23-24,27-28,43H,5-7,9,12-19,21,42H2,1-4H3/b30-25-,43-34?. The Hall–Kier alpha value is -3.12. The first kappa shape index (κ1) is 34.7. The number of nitrogens with two attached hydrogens (primary N) is 1. The minimum atomic E-state index is -3.21. The van der Waals surface area contributed by atoms with Crippen molar-refractivity contribution < 1.29 is 17.6 Å². The third kappa shape index (κ3) is 7.32. The normalized spacial score (nSPS) is 19.3. The zero-order chi connectivity index (χ0) is 33.1. The minimum absolute atomic E-state index is 0.122. The molecule has 3 N–H and O–H groups in total. The molecule has 2 atom stereocenters. The first-order chi connectivity index (χ1) is 21.3. The van der Waals surface area contributed by atoms with E-state index in [1.807, 2.05) is 0 Å². The van der Waals surface area contributed by atoms with Gasteiger partial charge in [0.15, 0.2) is 0 Å². The molecule has 246 valence electrons. The maximum absolute atomic E-state index is 15.4. The van der Waals surface area contributed by atoms with Gasteiger partial charge in [-0.2, -0.15) is 5.26 Å². The number of hydrogen-bond acceptors (Lipinski definition) is 4. The van der Waals surface area contributed by atoms with Crippen molar-refractivity contribution in [1.29, 1.82) is 10.7 Å². The van der Waals surface area contributed by atoms with E-state index in [0.29, 0.717) is 67.0 Å². The van der Waals surface area contributed by atoms with E-state index in [2.05, 4.69) is 24.5 Å². The number of nitrogens with one attached hydrogen (secondary N) is 1. The van der Waals surface area contributed by atoms with Gasteiger partial charge in [-0.3, -0.25) is 5.41 Å². The molecule has 1 saturated heterocycles. The molecule has 0 bridgehead atoms. The van der Waals surface area contributed by atoms with Crippen LogP contribution in [0.15, 0.2) is 24.3 Å². The Balaban J connectivity index is 1.31. The summed E-state index contributed by atoms with van der Waals surface area (Å²) in [5.74, 6) is -4.85. The molecule has 1 saturated carbocycles. The van der Waals surface area contributed by atoms with E-state index < -0.39 is 41.4 Å². The molecule has 1 aliphatic carbocycles. The van der Waals surface area contributed by atoms with Crippen molar-refractivity contribution >= 4 is 12.3 Å². The number of hydrogen-bond donors (Lipinski definition) is 2. The van der Waals surface area contributed by atoms with E-state index in [1.165, 1.54) is 12.1 Å². The average Bonchev–Trinajstić information content (AvgIpc) is 3.80. The molecule has 2 unspecified atom stereocenters. The van der Waals surface area contributed by atoms with Crippen LogP contribution in [0, 0.1) is 34.4 Å². The van der Waals surface area contributed by atoms with Crippen LogP contribution in [-0.4, -0.2) is 35.8 Å². The summed E-state index contributed by atoms with van der Waals surface area (Å²) in [5, 5.41) is 19.6. The monoisotopic (exact) mass is 627 g/mol. The molecule has 0 amide bonds. The van der Waals surface area contributed by atoms with Gasteiger partial charge in [0, 0.05) is 22.2 Å². The van der Waals surface area contributed by atoms with Gasteiger partial charge in [-0.1, -0.05) is 58.4 Å². The Morgan fingerprint density at radius 3 is 2.42 bits per heavy atom. The van der Waals surface area contributed by atoms with Crippen LogP contribution in [0.1, 0.15) is 108 Å². The number of halogens is 4. The van der Waals surface area contributed by atoms with Crippen molar-refractivity contribution in [1.82, 2.24) is 9.47 Å². The molecule has 45 heavy (non-hydrogen) atoms. The minimum Gasteiger partial charge on any atom is -0.402 e. The lowest BCUT2D eigenvalue weighted by molar-refractivity contribution is -0.0880. The van der Waals surface area contributed by atoms with Crippen molar-refractivity contribution in [3.8, 4) is 6.07 Å². The van der Waals surface area contributed by atoms with Crippen LogP contribution >= 0.6 is 0 Å². The SMILES string of the molecule is C=c1c(C2(C#N)CC2)c/c(=C(\C)N)c(=N)n1C(CF)CC(C)CCCCN1CCC(C(F)(F)c2cccc(C(C)C)c2F)CC1. The predicted octanol–water partition coefficient (Wildman–Crippen LogP) is 6.49. The van der Waals surface area contributed by atoms with Gasteiger partial charge < -0.3 is 15.2 Å². The van der Waals surface area contributed by atoms with Gasteiger partial charge in [0.25, 0.3) is 5.92 Å². The van der Waals surface area contributed by atoms with Crippen molar-refractivity contribution in [2.75, 3.05) is 26.3 Å². The van der Waals surface area contributed by atoms with E-state index in [-0.39, 0.29) is 17.3 Å². The highest BCUT2D eigenvalue weighted by molar-refractivity contribution is 5.44. The molecule has 0 radical (unpaired) electrons. The summed E-state index contributed by atoms with van der Waals surface area (Å²) in [6, 6.07) is 7.94. The van der Waals surface area contributed by atoms with E-state index >= 15 is 8.78 Å². The zero-order valence-corrected chi connectivity index (χ0v) is 27.2. The number of nitrogens with zero attached hydrogens (tertiary/aromatic N) is 3. The van der Waals surface area contributed by atoms with Crippen molar-refractivity contribution in [3.05, 3.63) is 62.8 Å². The Morgan fingerprint density at radius 2 is 1.87 bits per heavy atom. The number of alkyl halides is 3. The molecular formula is C36H49F4N5. The van der Waals surface area contributed by atoms with Gasteiger partial charge in [-0.05, 0) is 94.1 Å². The number of benzene rings is 1. The quantitative estimate of drug-likeness (QED) is 0.197. The molecule has 2 aliphatic rings. The second-order valence-electron chi connectivity index (χ2n) is 13.8. The van der Waals surface area contributed by atoms with Crippen LogP contribution in [0.3, 0.4) is 0 Å². The fraction of sp³-hybridized carbons (Fsp3) is 0.611. The zero-order valence-electron chi connectivity index (χ0n) is 27.2. The molecule has 0 spiro atoms. The van der Waals surface area contributed by atoms with Gasteiger partial charge in [-0.25, -0.2) is 17.6 Å². The van der Waals surface area contributed by atoms with Crippen molar-refractivity contribution in [3.63, 3.8) is 0 Å². The molecule has 2 aromatic rings. The van der Waals surface area contributed by atoms with Crippen LogP contribution in [0.4, 0.5) is 17.6 Å². The summed E-state index contributed by atoms with van der Waals surface area (Å²) >= 11 is 0. The second-order valence-corrected chi connectivity index (χ2v) is 13.8. The van der Waals surface area contributed by atoms with Gasteiger partial charge in [-0.15, -0.1) is 0 Å². The highest BCUT2D eigenvalue weighted by atomic mass is 19.3. The van der Waals surface area contributed by atoms with Gasteiger partial charge in [0.1, 0.15) is 18.0 Å². The summed E-state index contributed by atoms with van der Waals surface area (Å²) in [7, 11) is 0. The van der Waals surface area contributed by atoms with Gasteiger partial charge in [0.2, 0.25) is 0 Å². The lowest BCUT2D eigenvalue weighted by atomic mass is 9.84. The van der Waals surface area contributed by atoms with Crippen LogP contribution in [0.2, 0.25) is 0 Å². The van der Waals surface area contributed by atoms with E-state index in [4.69, 9.17) is 11.1 Å². The lowest BCUT2D eigenvalue weighted by Gasteiger charge is -2.36. The van der Waals surface area contributed by atoms with Gasteiger partial charge in [0.05, 0.1) is 23.1 Å². The fourth-order valence-corrected chi connectivity index (χ4v) is 7.01. The number of unbranched alkanes of at least 4 members (excludes halogenated alkanes) is 1. The molecule has 1 aliphatic heterocycles. The smallest absolute Gasteiger partial charge is 0.278 e. The highest BCUT2D eigenvalue weighted by Crippen LogP contribution is 2.46. The Labute approximate surface area is 264 Å². The number of pyridine rings is 1. The molecule has 5 nitrogen and oxygen atoms in total. The van der Waals surface area contributed by atoms with Gasteiger partial charge >= 0.3 is 0 Å². The number of likely N-dealkylation sites (tertiary alicyclic amines) is 1. The molecule has 4 rings (SSSR count). The maximum atomic E-state index is 15.4. The molecule has 1 aromatic carbocycles. The van der Waals surface area contributed by atoms with Crippen molar-refractivity contribution in [2.45, 2.75) is 102 Å².